The Labute approximate surface area is 83.5 Å². The van der Waals surface area contributed by atoms with Crippen LogP contribution in [0.25, 0.3) is 0 Å². The van der Waals surface area contributed by atoms with Crippen LogP contribution in [-0.2, 0) is 0 Å². The summed E-state index contributed by atoms with van der Waals surface area (Å²) in [5, 5.41) is 6.43. The van der Waals surface area contributed by atoms with Gasteiger partial charge in [-0.1, -0.05) is 6.08 Å². The number of hydrogen-bond donors (Lipinski definition) is 2. The lowest BCUT2D eigenvalue weighted by Gasteiger charge is -2.05. The SMILES string of the molecule is C=CCNc1cc(NC2CC2)ncn1. The third-order valence-electron chi connectivity index (χ3n) is 2.02. The highest BCUT2D eigenvalue weighted by atomic mass is 15.1. The Kier molecular flexibility index (Phi) is 2.62. The van der Waals surface area contributed by atoms with Crippen molar-refractivity contribution < 1.29 is 0 Å². The number of rotatable bonds is 5. The van der Waals surface area contributed by atoms with Crippen LogP contribution in [0.5, 0.6) is 0 Å². The molecular formula is C10H14N4. The van der Waals surface area contributed by atoms with Crippen LogP contribution < -0.4 is 10.6 Å². The second-order valence-electron chi connectivity index (χ2n) is 3.38. The molecule has 0 aromatic carbocycles. The molecular weight excluding hydrogens is 176 g/mol. The first-order valence-electron chi connectivity index (χ1n) is 4.82. The number of hydrogen-bond acceptors (Lipinski definition) is 4. The summed E-state index contributed by atoms with van der Waals surface area (Å²) < 4.78 is 0. The number of nitrogens with zero attached hydrogens (tertiary/aromatic N) is 2. The molecule has 2 rings (SSSR count). The van der Waals surface area contributed by atoms with Gasteiger partial charge in [-0.2, -0.15) is 0 Å². The maximum atomic E-state index is 4.14. The topological polar surface area (TPSA) is 49.8 Å². The van der Waals surface area contributed by atoms with Crippen molar-refractivity contribution in [2.45, 2.75) is 18.9 Å². The molecule has 0 bridgehead atoms. The Hall–Kier alpha value is -1.58. The summed E-state index contributed by atoms with van der Waals surface area (Å²) in [6, 6.07) is 2.54. The molecule has 1 aromatic rings. The van der Waals surface area contributed by atoms with E-state index in [4.69, 9.17) is 0 Å². The van der Waals surface area contributed by atoms with Crippen molar-refractivity contribution in [2.24, 2.45) is 0 Å². The molecule has 4 nitrogen and oxygen atoms in total. The van der Waals surface area contributed by atoms with Gasteiger partial charge in [-0.3, -0.25) is 0 Å². The smallest absolute Gasteiger partial charge is 0.131 e. The first-order valence-corrected chi connectivity index (χ1v) is 4.82. The lowest BCUT2D eigenvalue weighted by Crippen LogP contribution is -2.05. The molecule has 1 heterocycles. The van der Waals surface area contributed by atoms with Gasteiger partial charge in [0.1, 0.15) is 18.0 Å². The average molecular weight is 190 g/mol. The third-order valence-corrected chi connectivity index (χ3v) is 2.02. The summed E-state index contributed by atoms with van der Waals surface area (Å²) >= 11 is 0. The van der Waals surface area contributed by atoms with Crippen LogP contribution in [0.2, 0.25) is 0 Å². The fourth-order valence-electron chi connectivity index (χ4n) is 1.15. The van der Waals surface area contributed by atoms with Gasteiger partial charge in [0.05, 0.1) is 0 Å². The molecule has 1 fully saturated rings. The Bertz CT molecular complexity index is 320. The number of nitrogens with one attached hydrogen (secondary N) is 2. The number of aromatic nitrogens is 2. The Morgan fingerprint density at radius 1 is 1.43 bits per heavy atom. The third kappa shape index (κ3) is 2.45. The van der Waals surface area contributed by atoms with Crippen molar-refractivity contribution in [2.75, 3.05) is 17.2 Å². The zero-order valence-corrected chi connectivity index (χ0v) is 8.03. The van der Waals surface area contributed by atoms with Gasteiger partial charge in [-0.15, -0.1) is 6.58 Å². The van der Waals surface area contributed by atoms with Crippen molar-refractivity contribution in [3.63, 3.8) is 0 Å². The Morgan fingerprint density at radius 3 is 2.93 bits per heavy atom. The van der Waals surface area contributed by atoms with Gasteiger partial charge < -0.3 is 10.6 Å². The maximum Gasteiger partial charge on any atom is 0.131 e. The van der Waals surface area contributed by atoms with Crippen LogP contribution in [0.15, 0.2) is 25.0 Å². The van der Waals surface area contributed by atoms with E-state index in [1.54, 1.807) is 12.4 Å². The maximum absolute atomic E-state index is 4.14. The Balaban J connectivity index is 1.97. The van der Waals surface area contributed by atoms with E-state index in [1.165, 1.54) is 12.8 Å². The van der Waals surface area contributed by atoms with Crippen LogP contribution in [0, 0.1) is 0 Å². The molecule has 0 amide bonds. The molecule has 1 saturated carbocycles. The highest BCUT2D eigenvalue weighted by Gasteiger charge is 2.21. The zero-order valence-electron chi connectivity index (χ0n) is 8.03. The molecule has 0 aliphatic heterocycles. The van der Waals surface area contributed by atoms with Crippen LogP contribution in [0.4, 0.5) is 11.6 Å². The lowest BCUT2D eigenvalue weighted by molar-refractivity contribution is 1.07. The van der Waals surface area contributed by atoms with Gasteiger partial charge in [0.25, 0.3) is 0 Å². The van der Waals surface area contributed by atoms with Crippen molar-refractivity contribution in [1.82, 2.24) is 9.97 Å². The normalized spacial score (nSPS) is 14.9. The first kappa shape index (κ1) is 8.99. The highest BCUT2D eigenvalue weighted by molar-refractivity contribution is 5.47. The van der Waals surface area contributed by atoms with E-state index in [0.717, 1.165) is 18.2 Å². The van der Waals surface area contributed by atoms with E-state index in [1.807, 2.05) is 6.07 Å². The molecule has 0 atom stereocenters. The molecule has 74 valence electrons. The summed E-state index contributed by atoms with van der Waals surface area (Å²) in [6.45, 7) is 4.36. The van der Waals surface area contributed by atoms with E-state index >= 15 is 0 Å². The minimum Gasteiger partial charge on any atom is -0.367 e. The standard InChI is InChI=1S/C10H14N4/c1-2-5-11-9-6-10(13-7-12-9)14-8-3-4-8/h2,6-8H,1,3-5H2,(H2,11,12,13,14). The summed E-state index contributed by atoms with van der Waals surface area (Å²) in [7, 11) is 0. The van der Waals surface area contributed by atoms with E-state index in [0.29, 0.717) is 6.04 Å². The fraction of sp³-hybridized carbons (Fsp3) is 0.400. The van der Waals surface area contributed by atoms with Gasteiger partial charge in [0.15, 0.2) is 0 Å². The summed E-state index contributed by atoms with van der Waals surface area (Å²) in [5.41, 5.74) is 0. The van der Waals surface area contributed by atoms with Gasteiger partial charge in [0, 0.05) is 18.7 Å². The predicted molar refractivity (Wildman–Crippen MR) is 57.4 cm³/mol. The van der Waals surface area contributed by atoms with Gasteiger partial charge in [0.2, 0.25) is 0 Å². The zero-order chi connectivity index (χ0) is 9.80. The van der Waals surface area contributed by atoms with E-state index < -0.39 is 0 Å². The first-order chi connectivity index (χ1) is 6.88. The van der Waals surface area contributed by atoms with Crippen LogP contribution in [0.1, 0.15) is 12.8 Å². The van der Waals surface area contributed by atoms with Gasteiger partial charge in [-0.25, -0.2) is 9.97 Å². The molecule has 0 saturated heterocycles. The van der Waals surface area contributed by atoms with Crippen molar-refractivity contribution in [3.05, 3.63) is 25.0 Å². The van der Waals surface area contributed by atoms with E-state index in [-0.39, 0.29) is 0 Å². The summed E-state index contributed by atoms with van der Waals surface area (Å²) in [5.74, 6) is 1.73. The molecule has 0 radical (unpaired) electrons. The fourth-order valence-corrected chi connectivity index (χ4v) is 1.15. The Morgan fingerprint density at radius 2 is 2.21 bits per heavy atom. The van der Waals surface area contributed by atoms with Crippen LogP contribution in [-0.4, -0.2) is 22.6 Å². The van der Waals surface area contributed by atoms with E-state index in [2.05, 4.69) is 27.2 Å². The molecule has 1 aliphatic carbocycles. The summed E-state index contributed by atoms with van der Waals surface area (Å²) in [6.07, 6.45) is 5.87. The molecule has 4 heteroatoms. The second-order valence-corrected chi connectivity index (χ2v) is 3.38. The molecule has 0 spiro atoms. The molecule has 1 aliphatic rings. The largest absolute Gasteiger partial charge is 0.367 e. The highest BCUT2D eigenvalue weighted by Crippen LogP contribution is 2.23. The van der Waals surface area contributed by atoms with E-state index in [9.17, 15) is 0 Å². The van der Waals surface area contributed by atoms with Crippen molar-refractivity contribution in [1.29, 1.82) is 0 Å². The van der Waals surface area contributed by atoms with Crippen molar-refractivity contribution in [3.8, 4) is 0 Å². The minimum absolute atomic E-state index is 0.622. The average Bonchev–Trinajstić information content (AvgIpc) is 2.99. The molecule has 1 aromatic heterocycles. The predicted octanol–water partition coefficient (Wildman–Crippen LogP) is 1.65. The van der Waals surface area contributed by atoms with Gasteiger partial charge in [-0.05, 0) is 12.8 Å². The molecule has 14 heavy (non-hydrogen) atoms. The van der Waals surface area contributed by atoms with Gasteiger partial charge >= 0.3 is 0 Å². The molecule has 2 N–H and O–H groups in total. The van der Waals surface area contributed by atoms with Crippen molar-refractivity contribution >= 4 is 11.6 Å². The minimum atomic E-state index is 0.622. The lowest BCUT2D eigenvalue weighted by atomic mass is 10.5. The van der Waals surface area contributed by atoms with Crippen LogP contribution in [0.3, 0.4) is 0 Å². The second kappa shape index (κ2) is 4.09. The monoisotopic (exact) mass is 190 g/mol. The number of anilines is 2. The quantitative estimate of drug-likeness (QED) is 0.693. The summed E-state index contributed by atoms with van der Waals surface area (Å²) in [4.78, 5) is 8.23. The van der Waals surface area contributed by atoms with Crippen LogP contribution >= 0.6 is 0 Å². The molecule has 0 unspecified atom stereocenters.